The second-order valence-electron chi connectivity index (χ2n) is 13.6. The minimum atomic E-state index is -1.29. The Morgan fingerprint density at radius 1 is 1.04 bits per heavy atom. The van der Waals surface area contributed by atoms with Crippen LogP contribution >= 0.6 is 0 Å². The summed E-state index contributed by atoms with van der Waals surface area (Å²) in [7, 11) is 0. The van der Waals surface area contributed by atoms with Gasteiger partial charge in [0.2, 0.25) is 17.7 Å². The Bertz CT molecular complexity index is 1950. The van der Waals surface area contributed by atoms with Crippen LogP contribution in [0, 0.1) is 11.8 Å². The van der Waals surface area contributed by atoms with Crippen molar-refractivity contribution >= 4 is 34.4 Å². The highest BCUT2D eigenvalue weighted by Crippen LogP contribution is 2.59. The number of fused-ring (bicyclic) bond motifs is 2. The van der Waals surface area contributed by atoms with Gasteiger partial charge in [-0.1, -0.05) is 59.8 Å². The predicted octanol–water partition coefficient (Wildman–Crippen LogP) is 4.00. The highest BCUT2D eigenvalue weighted by molar-refractivity contribution is 6.03. The molecule has 270 valence electrons. The summed E-state index contributed by atoms with van der Waals surface area (Å²) in [6, 6.07) is 22.4. The number of para-hydroxylation sites is 1. The van der Waals surface area contributed by atoms with Crippen LogP contribution in [0.15, 0.2) is 104 Å². The molecule has 3 amide bonds. The SMILES string of the molecule is C=CCN(Cn1nnc2ccccc21)C(=O)C1N([C@@H](CO)Cc2ccccc2)C(=O)[C@@H]2[C@@H](C(=O)N(CC=C)c3ccc(OCC)cc3)[C@H]3CCC12O3. The highest BCUT2D eigenvalue weighted by atomic mass is 16.5. The number of aliphatic hydroxyl groups is 1. The number of nitrogens with zero attached hydrogens (tertiary/aromatic N) is 6. The number of ether oxygens (including phenoxy) is 2. The van der Waals surface area contributed by atoms with E-state index in [9.17, 15) is 9.90 Å². The number of anilines is 1. The van der Waals surface area contributed by atoms with Crippen molar-refractivity contribution in [2.75, 3.05) is 31.2 Å². The third kappa shape index (κ3) is 6.05. The van der Waals surface area contributed by atoms with Gasteiger partial charge in [-0.15, -0.1) is 18.3 Å². The average molecular weight is 705 g/mol. The number of carbonyl (C=O) groups excluding carboxylic acids is 3. The molecule has 2 bridgehead atoms. The molecule has 6 atom stereocenters. The first-order valence-electron chi connectivity index (χ1n) is 17.8. The van der Waals surface area contributed by atoms with E-state index < -0.39 is 35.6 Å². The van der Waals surface area contributed by atoms with E-state index in [1.807, 2.05) is 73.7 Å². The molecule has 12 heteroatoms. The van der Waals surface area contributed by atoms with Gasteiger partial charge in [-0.2, -0.15) is 0 Å². The molecule has 3 fully saturated rings. The van der Waals surface area contributed by atoms with Crippen molar-refractivity contribution < 1.29 is 29.0 Å². The zero-order chi connectivity index (χ0) is 36.4. The molecule has 3 aliphatic rings. The first kappa shape index (κ1) is 35.1. The Kier molecular flexibility index (Phi) is 9.94. The van der Waals surface area contributed by atoms with Crippen molar-refractivity contribution in [1.29, 1.82) is 0 Å². The lowest BCUT2D eigenvalue weighted by Crippen LogP contribution is -2.59. The molecule has 12 nitrogen and oxygen atoms in total. The number of likely N-dealkylation sites (tertiary alicyclic amines) is 1. The topological polar surface area (TPSA) is 130 Å². The minimum Gasteiger partial charge on any atom is -0.494 e. The number of aromatic nitrogens is 3. The van der Waals surface area contributed by atoms with E-state index in [4.69, 9.17) is 9.47 Å². The number of amides is 3. The van der Waals surface area contributed by atoms with Gasteiger partial charge in [-0.3, -0.25) is 14.4 Å². The first-order chi connectivity index (χ1) is 25.3. The molecule has 1 N–H and O–H groups in total. The lowest BCUT2D eigenvalue weighted by atomic mass is 9.70. The third-order valence-electron chi connectivity index (χ3n) is 10.6. The minimum absolute atomic E-state index is 0.0454. The summed E-state index contributed by atoms with van der Waals surface area (Å²) in [4.78, 5) is 49.6. The maximum absolute atomic E-state index is 15.1. The van der Waals surface area contributed by atoms with Gasteiger partial charge in [0.25, 0.3) is 0 Å². The first-order valence-corrected chi connectivity index (χ1v) is 17.8. The van der Waals surface area contributed by atoms with Gasteiger partial charge in [0.1, 0.15) is 29.6 Å². The Morgan fingerprint density at radius 2 is 1.77 bits per heavy atom. The summed E-state index contributed by atoms with van der Waals surface area (Å²) in [5.41, 5.74) is 1.68. The molecule has 3 saturated heterocycles. The van der Waals surface area contributed by atoms with E-state index in [1.165, 1.54) is 4.90 Å². The Hall–Kier alpha value is -5.33. The Morgan fingerprint density at radius 3 is 2.48 bits per heavy atom. The van der Waals surface area contributed by atoms with Crippen molar-refractivity contribution in [1.82, 2.24) is 24.8 Å². The van der Waals surface area contributed by atoms with E-state index in [1.54, 1.807) is 38.8 Å². The number of hydrogen-bond donors (Lipinski definition) is 1. The van der Waals surface area contributed by atoms with Crippen LogP contribution in [0.3, 0.4) is 0 Å². The number of aliphatic hydroxyl groups excluding tert-OH is 1. The van der Waals surface area contributed by atoms with Crippen LogP contribution in [0.1, 0.15) is 25.3 Å². The van der Waals surface area contributed by atoms with Crippen molar-refractivity contribution in [2.45, 2.75) is 56.6 Å². The number of hydrogen-bond acceptors (Lipinski definition) is 8. The number of benzene rings is 3. The normalized spacial score (nSPS) is 23.7. The summed E-state index contributed by atoms with van der Waals surface area (Å²) in [6.07, 6.45) is 3.93. The molecule has 4 heterocycles. The van der Waals surface area contributed by atoms with Gasteiger partial charge >= 0.3 is 0 Å². The molecular formula is C40H44N6O6. The summed E-state index contributed by atoms with van der Waals surface area (Å²) >= 11 is 0. The van der Waals surface area contributed by atoms with Crippen molar-refractivity contribution in [2.24, 2.45) is 11.8 Å². The van der Waals surface area contributed by atoms with Crippen LogP contribution in [0.2, 0.25) is 0 Å². The summed E-state index contributed by atoms with van der Waals surface area (Å²) in [5.74, 6) is -2.13. The average Bonchev–Trinajstić information content (AvgIpc) is 3.92. The van der Waals surface area contributed by atoms with E-state index in [-0.39, 0.29) is 44.1 Å². The molecule has 7 rings (SSSR count). The van der Waals surface area contributed by atoms with E-state index >= 15 is 9.59 Å². The van der Waals surface area contributed by atoms with Gasteiger partial charge in [-0.25, -0.2) is 4.68 Å². The zero-order valence-corrected chi connectivity index (χ0v) is 29.3. The molecule has 3 aliphatic heterocycles. The van der Waals surface area contributed by atoms with Crippen LogP contribution in [-0.4, -0.2) is 97.7 Å². The van der Waals surface area contributed by atoms with Gasteiger partial charge in [0.15, 0.2) is 0 Å². The smallest absolute Gasteiger partial charge is 0.250 e. The van der Waals surface area contributed by atoms with Gasteiger partial charge in [-0.05, 0) is 68.1 Å². The van der Waals surface area contributed by atoms with Crippen molar-refractivity contribution in [3.05, 3.63) is 110 Å². The van der Waals surface area contributed by atoms with E-state index in [0.717, 1.165) is 11.1 Å². The molecule has 0 aliphatic carbocycles. The molecule has 52 heavy (non-hydrogen) atoms. The third-order valence-corrected chi connectivity index (χ3v) is 10.6. The van der Waals surface area contributed by atoms with Crippen LogP contribution in [0.5, 0.6) is 5.75 Å². The molecule has 1 spiro atoms. The van der Waals surface area contributed by atoms with Crippen molar-refractivity contribution in [3.63, 3.8) is 0 Å². The fourth-order valence-corrected chi connectivity index (χ4v) is 8.43. The monoisotopic (exact) mass is 704 g/mol. The second kappa shape index (κ2) is 14.7. The molecule has 0 saturated carbocycles. The van der Waals surface area contributed by atoms with Crippen LogP contribution in [-0.2, 0) is 32.2 Å². The molecular weight excluding hydrogens is 660 g/mol. The summed E-state index contributed by atoms with van der Waals surface area (Å²) < 4.78 is 14.1. The zero-order valence-electron chi connectivity index (χ0n) is 29.3. The predicted molar refractivity (Wildman–Crippen MR) is 195 cm³/mol. The summed E-state index contributed by atoms with van der Waals surface area (Å²) in [5, 5.41) is 19.5. The lowest BCUT2D eigenvalue weighted by Gasteiger charge is -2.39. The number of rotatable bonds is 15. The maximum Gasteiger partial charge on any atom is 0.250 e. The van der Waals surface area contributed by atoms with Crippen LogP contribution < -0.4 is 9.64 Å². The van der Waals surface area contributed by atoms with Crippen molar-refractivity contribution in [3.8, 4) is 5.75 Å². The van der Waals surface area contributed by atoms with Gasteiger partial charge < -0.3 is 29.3 Å². The number of carbonyl (C=O) groups is 3. The summed E-state index contributed by atoms with van der Waals surface area (Å²) in [6.45, 7) is 10.2. The highest BCUT2D eigenvalue weighted by Gasteiger charge is 2.75. The standard InChI is InChI=1S/C40H44N6O6/c1-4-22-43(26-45-32-15-11-10-14-31(32)41-42-45)39(50)36-40-21-20-33(52-40)34(37(48)44(23-5-2)28-16-18-30(19-17-28)51-6-3)35(40)38(49)46(36)29(25-47)24-27-12-8-7-9-13-27/h4-5,7-19,29,33-36,47H,1-2,6,20-26H2,3H3/t29-,33-,34+,35+,36?,40?/m1/s1. The molecule has 2 unspecified atom stereocenters. The van der Waals surface area contributed by atoms with Crippen LogP contribution in [0.25, 0.3) is 11.0 Å². The lowest BCUT2D eigenvalue weighted by molar-refractivity contribution is -0.152. The molecule has 4 aromatic rings. The maximum atomic E-state index is 15.1. The van der Waals surface area contributed by atoms with E-state index in [0.29, 0.717) is 42.8 Å². The van der Waals surface area contributed by atoms with Gasteiger partial charge in [0.05, 0.1) is 42.7 Å². The van der Waals surface area contributed by atoms with Crippen LogP contribution in [0.4, 0.5) is 5.69 Å². The fourth-order valence-electron chi connectivity index (χ4n) is 8.43. The molecule has 0 radical (unpaired) electrons. The largest absolute Gasteiger partial charge is 0.494 e. The second-order valence-corrected chi connectivity index (χ2v) is 13.6. The Balaban J connectivity index is 1.28. The molecule has 3 aromatic carbocycles. The quantitative estimate of drug-likeness (QED) is 0.184. The molecule has 1 aromatic heterocycles. The Labute approximate surface area is 302 Å². The van der Waals surface area contributed by atoms with E-state index in [2.05, 4.69) is 23.5 Å². The fraction of sp³-hybridized carbons (Fsp3) is 0.375. The van der Waals surface area contributed by atoms with Gasteiger partial charge in [0, 0.05) is 18.8 Å².